The molecular weight excluding hydrogens is 521 g/mol. The number of benzene rings is 3. The summed E-state index contributed by atoms with van der Waals surface area (Å²) >= 11 is 25.0. The number of amides is 1. The average molecular weight is 533 g/mol. The van der Waals surface area contributed by atoms with E-state index in [1.165, 1.54) is 11.3 Å². The summed E-state index contributed by atoms with van der Waals surface area (Å²) in [5.74, 6) is 0.0448. The number of hydrogen-bond acceptors (Lipinski definition) is 5. The standard InChI is InChI=1S/C23H12Cl3N3O2S2/c24-12-5-7-17-16(9-12)28-22(31-17)11-2-1-3-14(8-11)27-23(32)29-21(30)20-19(26)15-6-4-13(25)10-18(15)33-20/h1-10H,(H2,27,29,30,32). The first-order valence-corrected chi connectivity index (χ1v) is 11.9. The number of thiophene rings is 1. The van der Waals surface area contributed by atoms with E-state index in [2.05, 4.69) is 15.6 Å². The highest BCUT2D eigenvalue weighted by Crippen LogP contribution is 2.36. The van der Waals surface area contributed by atoms with Gasteiger partial charge >= 0.3 is 0 Å². The van der Waals surface area contributed by atoms with Gasteiger partial charge < -0.3 is 9.73 Å². The second-order valence-electron chi connectivity index (χ2n) is 7.01. The number of nitrogens with zero attached hydrogens (tertiary/aromatic N) is 1. The van der Waals surface area contributed by atoms with Crippen molar-refractivity contribution in [3.63, 3.8) is 0 Å². The van der Waals surface area contributed by atoms with Gasteiger partial charge in [0.1, 0.15) is 10.4 Å². The minimum absolute atomic E-state index is 0.132. The smallest absolute Gasteiger partial charge is 0.269 e. The molecule has 10 heteroatoms. The minimum atomic E-state index is -0.401. The molecule has 33 heavy (non-hydrogen) atoms. The highest BCUT2D eigenvalue weighted by molar-refractivity contribution is 7.80. The summed E-state index contributed by atoms with van der Waals surface area (Å²) in [6, 6.07) is 17.9. The van der Waals surface area contributed by atoms with Crippen molar-refractivity contribution in [2.24, 2.45) is 0 Å². The van der Waals surface area contributed by atoms with Crippen LogP contribution in [-0.4, -0.2) is 16.0 Å². The van der Waals surface area contributed by atoms with Crippen molar-refractivity contribution in [3.8, 4) is 11.5 Å². The van der Waals surface area contributed by atoms with Gasteiger partial charge in [0, 0.05) is 31.4 Å². The van der Waals surface area contributed by atoms with Crippen LogP contribution >= 0.6 is 58.4 Å². The molecule has 164 valence electrons. The number of carbonyl (C=O) groups is 1. The molecule has 0 bridgehead atoms. The number of anilines is 1. The Morgan fingerprint density at radius 2 is 1.79 bits per heavy atom. The van der Waals surface area contributed by atoms with Gasteiger partial charge in [-0.2, -0.15) is 0 Å². The van der Waals surface area contributed by atoms with Crippen LogP contribution in [0.4, 0.5) is 5.69 Å². The fourth-order valence-electron chi connectivity index (χ4n) is 3.26. The third-order valence-electron chi connectivity index (χ3n) is 4.74. The summed E-state index contributed by atoms with van der Waals surface area (Å²) in [4.78, 5) is 17.6. The topological polar surface area (TPSA) is 67.2 Å². The molecule has 0 atom stereocenters. The Hall–Kier alpha value is -2.68. The Kier molecular flexibility index (Phi) is 5.99. The first-order valence-electron chi connectivity index (χ1n) is 9.54. The minimum Gasteiger partial charge on any atom is -0.436 e. The van der Waals surface area contributed by atoms with Crippen LogP contribution in [0, 0.1) is 0 Å². The van der Waals surface area contributed by atoms with Crippen LogP contribution < -0.4 is 10.6 Å². The Labute approximate surface area is 212 Å². The molecule has 5 rings (SSSR count). The molecule has 5 nitrogen and oxygen atoms in total. The molecule has 2 heterocycles. The zero-order chi connectivity index (χ0) is 23.1. The fraction of sp³-hybridized carbons (Fsp3) is 0. The molecule has 0 saturated heterocycles. The van der Waals surface area contributed by atoms with Crippen molar-refractivity contribution in [3.05, 3.63) is 80.6 Å². The van der Waals surface area contributed by atoms with Crippen molar-refractivity contribution < 1.29 is 9.21 Å². The van der Waals surface area contributed by atoms with Crippen molar-refractivity contribution in [2.45, 2.75) is 0 Å². The second-order valence-corrected chi connectivity index (χ2v) is 9.72. The van der Waals surface area contributed by atoms with Gasteiger partial charge in [0.05, 0.1) is 5.02 Å². The van der Waals surface area contributed by atoms with Gasteiger partial charge in [-0.05, 0) is 60.7 Å². The molecule has 0 fully saturated rings. The van der Waals surface area contributed by atoms with Crippen LogP contribution in [0.5, 0.6) is 0 Å². The number of hydrogen-bond donors (Lipinski definition) is 2. The van der Waals surface area contributed by atoms with E-state index < -0.39 is 5.91 Å². The van der Waals surface area contributed by atoms with Crippen molar-refractivity contribution in [1.29, 1.82) is 0 Å². The van der Waals surface area contributed by atoms with Gasteiger partial charge in [0.15, 0.2) is 10.7 Å². The molecule has 0 radical (unpaired) electrons. The molecule has 5 aromatic rings. The summed E-state index contributed by atoms with van der Waals surface area (Å²) in [7, 11) is 0. The number of nitrogens with one attached hydrogen (secondary N) is 2. The Morgan fingerprint density at radius 3 is 2.64 bits per heavy atom. The number of fused-ring (bicyclic) bond motifs is 2. The van der Waals surface area contributed by atoms with E-state index in [4.69, 9.17) is 51.4 Å². The average Bonchev–Trinajstić information content (AvgIpc) is 3.34. The lowest BCUT2D eigenvalue weighted by Gasteiger charge is -2.09. The lowest BCUT2D eigenvalue weighted by atomic mass is 10.2. The molecule has 1 amide bonds. The number of oxazole rings is 1. The molecule has 0 aliphatic rings. The van der Waals surface area contributed by atoms with E-state index in [9.17, 15) is 4.79 Å². The first-order chi connectivity index (χ1) is 15.9. The number of carbonyl (C=O) groups excluding carboxylic acids is 1. The van der Waals surface area contributed by atoms with E-state index in [1.807, 2.05) is 24.3 Å². The summed E-state index contributed by atoms with van der Waals surface area (Å²) in [6.07, 6.45) is 0. The molecule has 0 aliphatic heterocycles. The zero-order valence-electron chi connectivity index (χ0n) is 16.5. The van der Waals surface area contributed by atoms with E-state index in [0.717, 1.165) is 15.6 Å². The van der Waals surface area contributed by atoms with E-state index in [0.29, 0.717) is 42.6 Å². The molecular formula is C23H12Cl3N3O2S2. The van der Waals surface area contributed by atoms with Crippen molar-refractivity contribution in [1.82, 2.24) is 10.3 Å². The molecule has 0 unspecified atom stereocenters. The first kappa shape index (κ1) is 22.1. The van der Waals surface area contributed by atoms with Gasteiger partial charge in [-0.25, -0.2) is 4.98 Å². The molecule has 0 spiro atoms. The van der Waals surface area contributed by atoms with Crippen LogP contribution in [0.3, 0.4) is 0 Å². The molecule has 2 aromatic heterocycles. The van der Waals surface area contributed by atoms with Gasteiger partial charge in [-0.1, -0.05) is 46.9 Å². The predicted octanol–water partition coefficient (Wildman–Crippen LogP) is 7.80. The maximum Gasteiger partial charge on any atom is 0.269 e. The normalized spacial score (nSPS) is 11.1. The van der Waals surface area contributed by atoms with Crippen molar-refractivity contribution >= 4 is 96.3 Å². The third-order valence-corrected chi connectivity index (χ3v) is 7.07. The summed E-state index contributed by atoms with van der Waals surface area (Å²) < 4.78 is 6.64. The maximum atomic E-state index is 12.8. The molecule has 3 aromatic carbocycles. The van der Waals surface area contributed by atoms with Crippen LogP contribution in [-0.2, 0) is 0 Å². The molecule has 0 aliphatic carbocycles. The van der Waals surface area contributed by atoms with Gasteiger partial charge in [0.25, 0.3) is 5.91 Å². The van der Waals surface area contributed by atoms with Crippen LogP contribution in [0.15, 0.2) is 65.1 Å². The summed E-state index contributed by atoms with van der Waals surface area (Å²) in [5.41, 5.74) is 2.70. The third kappa shape index (κ3) is 4.55. The summed E-state index contributed by atoms with van der Waals surface area (Å²) in [6.45, 7) is 0. The maximum absolute atomic E-state index is 12.8. The monoisotopic (exact) mass is 531 g/mol. The van der Waals surface area contributed by atoms with Gasteiger partial charge in [0.2, 0.25) is 5.89 Å². The van der Waals surface area contributed by atoms with E-state index in [-0.39, 0.29) is 5.11 Å². The molecule has 0 saturated carbocycles. The second kappa shape index (κ2) is 8.93. The Balaban J connectivity index is 1.33. The highest BCUT2D eigenvalue weighted by atomic mass is 35.5. The van der Waals surface area contributed by atoms with Crippen LogP contribution in [0.25, 0.3) is 32.6 Å². The SMILES string of the molecule is O=C(NC(=S)Nc1cccc(-c2nc3cc(Cl)ccc3o2)c1)c1sc2cc(Cl)ccc2c1Cl. The van der Waals surface area contributed by atoms with E-state index >= 15 is 0 Å². The lowest BCUT2D eigenvalue weighted by molar-refractivity contribution is 0.0982. The van der Waals surface area contributed by atoms with Gasteiger partial charge in [-0.15, -0.1) is 11.3 Å². The lowest BCUT2D eigenvalue weighted by Crippen LogP contribution is -2.33. The Bertz CT molecular complexity index is 1560. The quantitative estimate of drug-likeness (QED) is 0.232. The highest BCUT2D eigenvalue weighted by Gasteiger charge is 2.18. The van der Waals surface area contributed by atoms with E-state index in [1.54, 1.807) is 36.4 Å². The Morgan fingerprint density at radius 1 is 1.00 bits per heavy atom. The van der Waals surface area contributed by atoms with Crippen molar-refractivity contribution in [2.75, 3.05) is 5.32 Å². The molecule has 2 N–H and O–H groups in total. The fourth-order valence-corrected chi connectivity index (χ4v) is 5.33. The van der Waals surface area contributed by atoms with Crippen LogP contribution in [0.2, 0.25) is 15.1 Å². The van der Waals surface area contributed by atoms with Crippen LogP contribution in [0.1, 0.15) is 9.67 Å². The largest absolute Gasteiger partial charge is 0.436 e. The number of thiocarbonyl (C=S) groups is 1. The summed E-state index contributed by atoms with van der Waals surface area (Å²) in [5, 5.41) is 8.10. The number of rotatable bonds is 3. The number of halogens is 3. The zero-order valence-corrected chi connectivity index (χ0v) is 20.4. The number of aromatic nitrogens is 1. The van der Waals surface area contributed by atoms with Gasteiger partial charge in [-0.3, -0.25) is 10.1 Å². The predicted molar refractivity (Wildman–Crippen MR) is 140 cm³/mol.